The van der Waals surface area contributed by atoms with Gasteiger partial charge in [-0.15, -0.1) is 0 Å². The van der Waals surface area contributed by atoms with E-state index in [9.17, 15) is 5.11 Å². The summed E-state index contributed by atoms with van der Waals surface area (Å²) in [5.74, 6) is 0. The first-order chi connectivity index (χ1) is 9.43. The monoisotopic (exact) mass is 290 g/mol. The number of rotatable bonds is 1. The zero-order valence-electron chi connectivity index (χ0n) is 11.9. The van der Waals surface area contributed by atoms with Gasteiger partial charge >= 0.3 is 0 Å². The second kappa shape index (κ2) is 4.65. The highest BCUT2D eigenvalue weighted by molar-refractivity contribution is 6.32. The van der Waals surface area contributed by atoms with E-state index in [-0.39, 0.29) is 0 Å². The van der Waals surface area contributed by atoms with Crippen LogP contribution in [-0.2, 0) is 0 Å². The van der Waals surface area contributed by atoms with Crippen molar-refractivity contribution in [3.8, 4) is 6.07 Å². The van der Waals surface area contributed by atoms with Crippen LogP contribution in [0.1, 0.15) is 43.7 Å². The minimum absolute atomic E-state index is 0.381. The quantitative estimate of drug-likeness (QED) is 0.862. The van der Waals surface area contributed by atoms with Crippen LogP contribution in [0.5, 0.6) is 0 Å². The first-order valence-electron chi connectivity index (χ1n) is 7.13. The summed E-state index contributed by atoms with van der Waals surface area (Å²) < 4.78 is 0. The third-order valence-electron chi connectivity index (χ3n) is 4.73. The van der Waals surface area contributed by atoms with Gasteiger partial charge in [0.1, 0.15) is 6.07 Å². The Morgan fingerprint density at radius 3 is 2.50 bits per heavy atom. The molecule has 2 bridgehead atoms. The molecule has 1 unspecified atom stereocenters. The summed E-state index contributed by atoms with van der Waals surface area (Å²) >= 11 is 6.29. The van der Waals surface area contributed by atoms with Gasteiger partial charge in [-0.25, -0.2) is 0 Å². The lowest BCUT2D eigenvalue weighted by Gasteiger charge is -2.44. The Bertz CT molecular complexity index is 575. The van der Waals surface area contributed by atoms with Gasteiger partial charge in [-0.05, 0) is 57.2 Å². The van der Waals surface area contributed by atoms with E-state index < -0.39 is 5.60 Å². The number of fused-ring (bicyclic) bond motifs is 2. The van der Waals surface area contributed by atoms with Crippen molar-refractivity contribution in [3.05, 3.63) is 28.3 Å². The fraction of sp³-hybridized carbons (Fsp3) is 0.562. The maximum Gasteiger partial charge on any atom is 0.101 e. The number of nitrogens with zero attached hydrogens (tertiary/aromatic N) is 2. The van der Waals surface area contributed by atoms with Crippen molar-refractivity contribution in [2.75, 3.05) is 4.90 Å². The van der Waals surface area contributed by atoms with Crippen LogP contribution in [0.4, 0.5) is 5.69 Å². The number of aliphatic hydroxyl groups is 1. The van der Waals surface area contributed by atoms with Crippen molar-refractivity contribution in [1.29, 1.82) is 5.26 Å². The second-order valence-corrected chi connectivity index (χ2v) is 6.76. The molecule has 1 N–H and O–H groups in total. The Kier molecular flexibility index (Phi) is 3.19. The summed E-state index contributed by atoms with van der Waals surface area (Å²) in [5.41, 5.74) is 2.08. The highest BCUT2D eigenvalue weighted by Gasteiger charge is 2.45. The molecule has 2 aliphatic rings. The van der Waals surface area contributed by atoms with Gasteiger partial charge in [-0.3, -0.25) is 0 Å². The highest BCUT2D eigenvalue weighted by atomic mass is 35.5. The summed E-state index contributed by atoms with van der Waals surface area (Å²) in [5, 5.41) is 19.9. The molecular formula is C16H19ClN2O. The van der Waals surface area contributed by atoms with Crippen LogP contribution < -0.4 is 4.90 Å². The molecule has 0 amide bonds. The van der Waals surface area contributed by atoms with Gasteiger partial charge < -0.3 is 10.0 Å². The normalized spacial score (nSPS) is 32.2. The molecule has 0 saturated carbocycles. The zero-order valence-corrected chi connectivity index (χ0v) is 12.6. The average molecular weight is 291 g/mol. The summed E-state index contributed by atoms with van der Waals surface area (Å²) in [7, 11) is 0. The predicted octanol–water partition coefficient (Wildman–Crippen LogP) is 3.40. The van der Waals surface area contributed by atoms with Crippen molar-refractivity contribution < 1.29 is 5.11 Å². The molecule has 106 valence electrons. The zero-order chi connectivity index (χ0) is 14.5. The molecular weight excluding hydrogens is 272 g/mol. The minimum Gasteiger partial charge on any atom is -0.390 e. The summed E-state index contributed by atoms with van der Waals surface area (Å²) in [6.45, 7) is 3.92. The second-order valence-electron chi connectivity index (χ2n) is 6.38. The van der Waals surface area contributed by atoms with Crippen LogP contribution >= 0.6 is 11.6 Å². The first kappa shape index (κ1) is 13.7. The molecule has 20 heavy (non-hydrogen) atoms. The van der Waals surface area contributed by atoms with Crippen molar-refractivity contribution in [2.24, 2.45) is 0 Å². The largest absolute Gasteiger partial charge is 0.390 e. The molecule has 1 aromatic carbocycles. The minimum atomic E-state index is -0.549. The third-order valence-corrected chi connectivity index (χ3v) is 5.21. The van der Waals surface area contributed by atoms with E-state index in [4.69, 9.17) is 16.9 Å². The van der Waals surface area contributed by atoms with Crippen LogP contribution in [0.15, 0.2) is 12.1 Å². The molecule has 3 rings (SSSR count). The number of nitriles is 1. The van der Waals surface area contributed by atoms with Gasteiger partial charge in [0, 0.05) is 17.8 Å². The molecule has 3 atom stereocenters. The standard InChI is InChI=1S/C16H19ClN2O/c1-10-14(6-3-11(9-18)15(10)17)19-12-4-5-13(19)8-16(2,20)7-12/h3,6,12-13,20H,4-5,7-8H2,1-2H3/t12-,13+,16?. The van der Waals surface area contributed by atoms with Crippen molar-refractivity contribution >= 4 is 17.3 Å². The van der Waals surface area contributed by atoms with Crippen LogP contribution in [0.2, 0.25) is 5.02 Å². The lowest BCUT2D eigenvalue weighted by atomic mass is 9.87. The predicted molar refractivity (Wildman–Crippen MR) is 80.1 cm³/mol. The van der Waals surface area contributed by atoms with E-state index >= 15 is 0 Å². The van der Waals surface area contributed by atoms with Crippen LogP contribution in [-0.4, -0.2) is 22.8 Å². The highest BCUT2D eigenvalue weighted by Crippen LogP contribution is 2.45. The topological polar surface area (TPSA) is 47.3 Å². The van der Waals surface area contributed by atoms with Gasteiger partial charge in [0.25, 0.3) is 0 Å². The van der Waals surface area contributed by atoms with Gasteiger partial charge in [-0.2, -0.15) is 5.26 Å². The van der Waals surface area contributed by atoms with E-state index in [1.54, 1.807) is 6.07 Å². The molecule has 1 aromatic rings. The summed E-state index contributed by atoms with van der Waals surface area (Å²) in [4.78, 5) is 2.42. The molecule has 0 spiro atoms. The molecule has 4 heteroatoms. The molecule has 0 aromatic heterocycles. The lowest BCUT2D eigenvalue weighted by Crippen LogP contribution is -2.50. The van der Waals surface area contributed by atoms with Crippen molar-refractivity contribution in [3.63, 3.8) is 0 Å². The average Bonchev–Trinajstić information content (AvgIpc) is 2.66. The Morgan fingerprint density at radius 1 is 1.35 bits per heavy atom. The van der Waals surface area contributed by atoms with E-state index in [1.807, 2.05) is 19.9 Å². The molecule has 2 aliphatic heterocycles. The van der Waals surface area contributed by atoms with Crippen LogP contribution in [0, 0.1) is 18.3 Å². The van der Waals surface area contributed by atoms with E-state index in [2.05, 4.69) is 11.0 Å². The first-order valence-corrected chi connectivity index (χ1v) is 7.50. The molecule has 2 heterocycles. The molecule has 2 fully saturated rings. The van der Waals surface area contributed by atoms with Crippen molar-refractivity contribution in [2.45, 2.75) is 57.2 Å². The Morgan fingerprint density at radius 2 is 1.95 bits per heavy atom. The van der Waals surface area contributed by atoms with Crippen molar-refractivity contribution in [1.82, 2.24) is 0 Å². The van der Waals surface area contributed by atoms with E-state index in [0.29, 0.717) is 22.7 Å². The smallest absolute Gasteiger partial charge is 0.101 e. The Labute approximate surface area is 124 Å². The Balaban J connectivity index is 2.00. The maximum absolute atomic E-state index is 10.3. The molecule has 2 saturated heterocycles. The van der Waals surface area contributed by atoms with Gasteiger partial charge in [0.05, 0.1) is 16.2 Å². The van der Waals surface area contributed by atoms with Crippen LogP contribution in [0.3, 0.4) is 0 Å². The number of piperidine rings is 1. The van der Waals surface area contributed by atoms with E-state index in [1.165, 1.54) is 0 Å². The summed E-state index contributed by atoms with van der Waals surface area (Å²) in [6.07, 6.45) is 3.86. The number of halogens is 1. The molecule has 0 radical (unpaired) electrons. The van der Waals surface area contributed by atoms with Gasteiger partial charge in [-0.1, -0.05) is 11.6 Å². The lowest BCUT2D eigenvalue weighted by molar-refractivity contribution is 0.0199. The SMILES string of the molecule is Cc1c(N2[C@@H]3CC[C@H]2CC(C)(O)C3)ccc(C#N)c1Cl. The van der Waals surface area contributed by atoms with Gasteiger partial charge in [0.2, 0.25) is 0 Å². The number of hydrogen-bond acceptors (Lipinski definition) is 3. The fourth-order valence-electron chi connectivity index (χ4n) is 3.89. The number of benzene rings is 1. The van der Waals surface area contributed by atoms with Crippen LogP contribution in [0.25, 0.3) is 0 Å². The van der Waals surface area contributed by atoms with Gasteiger partial charge in [0.15, 0.2) is 0 Å². The number of hydrogen-bond donors (Lipinski definition) is 1. The maximum atomic E-state index is 10.3. The molecule has 0 aliphatic carbocycles. The fourth-order valence-corrected chi connectivity index (χ4v) is 4.10. The van der Waals surface area contributed by atoms with E-state index in [0.717, 1.165) is 36.9 Å². The summed E-state index contributed by atoms with van der Waals surface area (Å²) in [6, 6.07) is 6.70. The Hall–Kier alpha value is -1.24. The number of anilines is 1. The molecule has 3 nitrogen and oxygen atoms in total. The third kappa shape index (κ3) is 2.08.